The molecule has 0 unspecified atom stereocenters. The summed E-state index contributed by atoms with van der Waals surface area (Å²) >= 11 is 4.78. The highest BCUT2D eigenvalue weighted by Gasteiger charge is 1.94. The van der Waals surface area contributed by atoms with Crippen LogP contribution in [0, 0.1) is 0 Å². The second-order valence-electron chi connectivity index (χ2n) is 6.46. The van der Waals surface area contributed by atoms with Gasteiger partial charge in [0.2, 0.25) is 0 Å². The summed E-state index contributed by atoms with van der Waals surface area (Å²) in [5.74, 6) is 0. The van der Waals surface area contributed by atoms with E-state index < -0.39 is 0 Å². The van der Waals surface area contributed by atoms with Crippen LogP contribution in [0.5, 0.6) is 0 Å². The second kappa shape index (κ2) is 20.0. The average Bonchev–Trinajstić information content (AvgIpc) is 2.50. The van der Waals surface area contributed by atoms with Gasteiger partial charge in [0.1, 0.15) is 0 Å². The third kappa shape index (κ3) is 20.0. The van der Waals surface area contributed by atoms with Crippen LogP contribution in [0.4, 0.5) is 0 Å². The van der Waals surface area contributed by atoms with Gasteiger partial charge in [0.25, 0.3) is 0 Å². The van der Waals surface area contributed by atoms with Crippen molar-refractivity contribution >= 4 is 12.6 Å². The fraction of sp³-hybridized carbons (Fsp3) is 0.900. The van der Waals surface area contributed by atoms with E-state index in [9.17, 15) is 0 Å². The van der Waals surface area contributed by atoms with E-state index in [-0.39, 0.29) is 0 Å². The minimum atomic E-state index is 1.18. The maximum Gasteiger partial charge on any atom is -0.00265 e. The Kier molecular flexibility index (Phi) is 19.9. The summed E-state index contributed by atoms with van der Waals surface area (Å²) in [6.45, 7) is 2.29. The van der Waals surface area contributed by atoms with E-state index in [1.807, 2.05) is 0 Å². The minimum Gasteiger partial charge on any atom is -0.0891 e. The molecule has 0 rings (SSSR count). The van der Waals surface area contributed by atoms with Crippen molar-refractivity contribution in [3.05, 3.63) is 11.5 Å². The first kappa shape index (κ1) is 21.0. The van der Waals surface area contributed by atoms with Gasteiger partial charge in [-0.3, -0.25) is 0 Å². The summed E-state index contributed by atoms with van der Waals surface area (Å²) in [4.78, 5) is 0. The van der Waals surface area contributed by atoms with Gasteiger partial charge in [0.05, 0.1) is 0 Å². The summed E-state index contributed by atoms with van der Waals surface area (Å²) in [7, 11) is 0. The molecule has 0 aromatic carbocycles. The standard InChI is InChI=1S/C20H39S/c1-2-3-4-5-6-7-8-9-10-11-12-13-14-15-16-17-18-19-20-21/h19-20H,2-18H2,1H3. The van der Waals surface area contributed by atoms with Gasteiger partial charge in [-0.15, -0.1) is 0 Å². The van der Waals surface area contributed by atoms with E-state index in [1.165, 1.54) is 109 Å². The van der Waals surface area contributed by atoms with Crippen molar-refractivity contribution in [2.75, 3.05) is 0 Å². The van der Waals surface area contributed by atoms with Gasteiger partial charge in [-0.1, -0.05) is 122 Å². The molecule has 0 bridgehead atoms. The lowest BCUT2D eigenvalue weighted by Crippen LogP contribution is -1.83. The Bertz CT molecular complexity index is 198. The second-order valence-corrected chi connectivity index (χ2v) is 6.74. The van der Waals surface area contributed by atoms with Gasteiger partial charge in [0.15, 0.2) is 0 Å². The molecule has 1 radical (unpaired) electrons. The van der Waals surface area contributed by atoms with Crippen LogP contribution in [-0.2, 0) is 0 Å². The first-order valence-electron chi connectivity index (χ1n) is 9.68. The van der Waals surface area contributed by atoms with Crippen molar-refractivity contribution < 1.29 is 0 Å². The lowest BCUT2D eigenvalue weighted by atomic mass is 10.0. The van der Waals surface area contributed by atoms with E-state index in [0.29, 0.717) is 0 Å². The summed E-state index contributed by atoms with van der Waals surface area (Å²) in [6, 6.07) is 0. The Morgan fingerprint density at radius 2 is 0.857 bits per heavy atom. The van der Waals surface area contributed by atoms with Crippen molar-refractivity contribution in [1.29, 1.82) is 0 Å². The number of hydrogen-bond donors (Lipinski definition) is 0. The number of rotatable bonds is 17. The van der Waals surface area contributed by atoms with Crippen LogP contribution in [0.25, 0.3) is 0 Å². The highest BCUT2D eigenvalue weighted by Crippen LogP contribution is 2.14. The van der Waals surface area contributed by atoms with Gasteiger partial charge in [-0.05, 0) is 18.2 Å². The molecule has 0 atom stereocenters. The minimum absolute atomic E-state index is 1.18. The predicted octanol–water partition coefficient (Wildman–Crippen LogP) is 8.35. The van der Waals surface area contributed by atoms with Crippen molar-refractivity contribution in [2.45, 2.75) is 116 Å². The van der Waals surface area contributed by atoms with Crippen LogP contribution in [0.1, 0.15) is 116 Å². The van der Waals surface area contributed by atoms with E-state index >= 15 is 0 Å². The summed E-state index contributed by atoms with van der Waals surface area (Å²) in [5, 5.41) is 1.76. The van der Waals surface area contributed by atoms with Crippen molar-refractivity contribution in [2.24, 2.45) is 0 Å². The molecule has 0 N–H and O–H groups in total. The lowest BCUT2D eigenvalue weighted by Gasteiger charge is -2.03. The zero-order valence-electron chi connectivity index (χ0n) is 14.6. The van der Waals surface area contributed by atoms with Gasteiger partial charge in [0, 0.05) is 0 Å². The maximum absolute atomic E-state index is 4.78. The molecule has 0 heterocycles. The van der Waals surface area contributed by atoms with E-state index in [1.54, 1.807) is 5.41 Å². The van der Waals surface area contributed by atoms with Gasteiger partial charge in [-0.25, -0.2) is 0 Å². The topological polar surface area (TPSA) is 0 Å². The first-order chi connectivity index (χ1) is 10.4. The molecule has 0 aliphatic carbocycles. The Hall–Kier alpha value is -0.0400. The van der Waals surface area contributed by atoms with Crippen molar-refractivity contribution in [3.8, 4) is 0 Å². The molecule has 0 aromatic heterocycles. The number of hydrogen-bond acceptors (Lipinski definition) is 0. The molecule has 21 heavy (non-hydrogen) atoms. The molecular weight excluding hydrogens is 272 g/mol. The van der Waals surface area contributed by atoms with Crippen LogP contribution in [0.3, 0.4) is 0 Å². The number of allylic oxidation sites excluding steroid dienone is 1. The van der Waals surface area contributed by atoms with Crippen molar-refractivity contribution in [3.63, 3.8) is 0 Å². The zero-order valence-corrected chi connectivity index (χ0v) is 15.4. The van der Waals surface area contributed by atoms with Crippen LogP contribution in [0.15, 0.2) is 11.5 Å². The highest BCUT2D eigenvalue weighted by atomic mass is 32.1. The van der Waals surface area contributed by atoms with Gasteiger partial charge in [-0.2, -0.15) is 0 Å². The lowest BCUT2D eigenvalue weighted by molar-refractivity contribution is 0.530. The average molecular weight is 312 g/mol. The van der Waals surface area contributed by atoms with E-state index in [0.717, 1.165) is 0 Å². The van der Waals surface area contributed by atoms with E-state index in [2.05, 4.69) is 13.0 Å². The molecule has 0 fully saturated rings. The normalized spacial score (nSPS) is 11.5. The third-order valence-corrected chi connectivity index (χ3v) is 4.51. The van der Waals surface area contributed by atoms with Crippen LogP contribution >= 0.6 is 12.6 Å². The maximum atomic E-state index is 4.78. The van der Waals surface area contributed by atoms with Crippen LogP contribution in [0.2, 0.25) is 0 Å². The third-order valence-electron chi connectivity index (χ3n) is 4.32. The summed E-state index contributed by atoms with van der Waals surface area (Å²) in [6.07, 6.45) is 26.3. The number of unbranched alkanes of at least 4 members (excludes halogenated alkanes) is 16. The molecule has 0 spiro atoms. The highest BCUT2D eigenvalue weighted by molar-refractivity contribution is 7.83. The van der Waals surface area contributed by atoms with Crippen molar-refractivity contribution in [1.82, 2.24) is 0 Å². The fourth-order valence-electron chi connectivity index (χ4n) is 2.88. The van der Waals surface area contributed by atoms with E-state index in [4.69, 9.17) is 12.6 Å². The molecule has 0 aliphatic heterocycles. The molecule has 0 aromatic rings. The SMILES string of the molecule is CCCCCCCCCCCCCCCCCCC=C[S]. The van der Waals surface area contributed by atoms with Crippen LogP contribution in [-0.4, -0.2) is 0 Å². The Morgan fingerprint density at radius 3 is 1.19 bits per heavy atom. The molecule has 1 heteroatoms. The smallest absolute Gasteiger partial charge is 0.00265 e. The monoisotopic (exact) mass is 311 g/mol. The Balaban J connectivity index is 2.93. The molecule has 0 aliphatic rings. The quantitative estimate of drug-likeness (QED) is 0.237. The molecular formula is C20H39S. The Labute approximate surface area is 140 Å². The zero-order chi connectivity index (χ0) is 15.4. The largest absolute Gasteiger partial charge is 0.0891 e. The van der Waals surface area contributed by atoms with Gasteiger partial charge < -0.3 is 0 Å². The fourth-order valence-corrected chi connectivity index (χ4v) is 3.01. The first-order valence-corrected chi connectivity index (χ1v) is 10.2. The summed E-state index contributed by atoms with van der Waals surface area (Å²) in [5.41, 5.74) is 0. The van der Waals surface area contributed by atoms with Gasteiger partial charge >= 0.3 is 0 Å². The molecule has 0 saturated carbocycles. The predicted molar refractivity (Wildman–Crippen MR) is 101 cm³/mol. The Morgan fingerprint density at radius 1 is 0.524 bits per heavy atom. The molecule has 125 valence electrons. The van der Waals surface area contributed by atoms with Crippen LogP contribution < -0.4 is 0 Å². The molecule has 0 amide bonds. The molecule has 0 nitrogen and oxygen atoms in total. The molecule has 0 saturated heterocycles. The summed E-state index contributed by atoms with van der Waals surface area (Å²) < 4.78 is 0.